The first-order chi connectivity index (χ1) is 9.98. The molecule has 1 aromatic carbocycles. The number of carbonyl (C=O) groups is 1. The van der Waals surface area contributed by atoms with Gasteiger partial charge in [-0.15, -0.1) is 0 Å². The van der Waals surface area contributed by atoms with Crippen LogP contribution in [0.15, 0.2) is 18.2 Å². The number of hydrogen-bond donors (Lipinski definition) is 1. The number of amides is 1. The minimum atomic E-state index is -0.820. The Bertz CT molecular complexity index is 552. The van der Waals surface area contributed by atoms with Gasteiger partial charge in [0.15, 0.2) is 0 Å². The van der Waals surface area contributed by atoms with Crippen molar-refractivity contribution in [2.45, 2.75) is 57.1 Å². The molecule has 1 aliphatic carbocycles. The maximum atomic E-state index is 13.4. The molecule has 1 saturated carbocycles. The number of aliphatic hydroxyl groups is 1. The Morgan fingerprint density at radius 3 is 2.86 bits per heavy atom. The molecule has 2 aliphatic rings. The first-order valence-electron chi connectivity index (χ1n) is 7.79. The second-order valence-corrected chi connectivity index (χ2v) is 6.46. The molecule has 1 unspecified atom stereocenters. The van der Waals surface area contributed by atoms with Gasteiger partial charge in [-0.3, -0.25) is 4.79 Å². The number of carbonyl (C=O) groups excluding carboxylic acids is 1. The maximum Gasteiger partial charge on any atom is 0.225 e. The van der Waals surface area contributed by atoms with Crippen molar-refractivity contribution in [2.24, 2.45) is 0 Å². The molecule has 1 atom stereocenters. The van der Waals surface area contributed by atoms with E-state index in [2.05, 4.69) is 0 Å². The maximum absolute atomic E-state index is 13.4. The Kier molecular flexibility index (Phi) is 3.74. The van der Waals surface area contributed by atoms with Crippen molar-refractivity contribution in [2.75, 3.05) is 6.54 Å². The van der Waals surface area contributed by atoms with Crippen LogP contribution in [0, 0.1) is 5.82 Å². The molecule has 0 aromatic heterocycles. The molecule has 21 heavy (non-hydrogen) atoms. The van der Waals surface area contributed by atoms with Crippen LogP contribution in [0.2, 0.25) is 0 Å². The lowest BCUT2D eigenvalue weighted by atomic mass is 9.91. The Hall–Kier alpha value is -1.42. The number of nitrogens with zero attached hydrogens (tertiary/aromatic N) is 1. The molecule has 114 valence electrons. The summed E-state index contributed by atoms with van der Waals surface area (Å²) in [5.41, 5.74) is 1.19. The van der Waals surface area contributed by atoms with Gasteiger partial charge in [0.1, 0.15) is 5.82 Å². The van der Waals surface area contributed by atoms with Gasteiger partial charge in [-0.05, 0) is 49.4 Å². The molecular weight excluding hydrogens is 269 g/mol. The van der Waals surface area contributed by atoms with Gasteiger partial charge in [0.25, 0.3) is 0 Å². The summed E-state index contributed by atoms with van der Waals surface area (Å²) >= 11 is 0. The largest absolute Gasteiger partial charge is 0.389 e. The van der Waals surface area contributed by atoms with E-state index in [1.54, 1.807) is 4.90 Å². The minimum Gasteiger partial charge on any atom is -0.389 e. The predicted molar refractivity (Wildman–Crippen MR) is 78.3 cm³/mol. The number of fused-ring (bicyclic) bond motifs is 1. The summed E-state index contributed by atoms with van der Waals surface area (Å²) in [6, 6.07) is 4.70. The van der Waals surface area contributed by atoms with Crippen LogP contribution in [0.3, 0.4) is 0 Å². The van der Waals surface area contributed by atoms with E-state index in [9.17, 15) is 14.3 Å². The highest BCUT2D eigenvalue weighted by Gasteiger charge is 2.37. The smallest absolute Gasteiger partial charge is 0.225 e. The molecule has 3 nitrogen and oxygen atoms in total. The van der Waals surface area contributed by atoms with Gasteiger partial charge in [0.05, 0.1) is 18.1 Å². The highest BCUT2D eigenvalue weighted by molar-refractivity contribution is 5.78. The fourth-order valence-corrected chi connectivity index (χ4v) is 3.72. The van der Waals surface area contributed by atoms with E-state index in [4.69, 9.17) is 0 Å². The number of rotatable bonds is 2. The van der Waals surface area contributed by atoms with Crippen LogP contribution in [0.25, 0.3) is 0 Å². The molecular formula is C17H22FNO2. The lowest BCUT2D eigenvalue weighted by molar-refractivity contribution is -0.138. The average molecular weight is 291 g/mol. The van der Waals surface area contributed by atoms with Gasteiger partial charge in [-0.1, -0.05) is 18.9 Å². The topological polar surface area (TPSA) is 40.5 Å². The van der Waals surface area contributed by atoms with E-state index in [0.29, 0.717) is 19.4 Å². The molecule has 3 rings (SSSR count). The fourth-order valence-electron chi connectivity index (χ4n) is 3.72. The van der Waals surface area contributed by atoms with Crippen molar-refractivity contribution in [1.82, 2.24) is 4.90 Å². The summed E-state index contributed by atoms with van der Waals surface area (Å²) in [6.45, 7) is 2.59. The summed E-state index contributed by atoms with van der Waals surface area (Å²) in [4.78, 5) is 14.3. The Labute approximate surface area is 124 Å². The third kappa shape index (κ3) is 2.82. The molecule has 1 fully saturated rings. The Morgan fingerprint density at radius 1 is 1.43 bits per heavy atom. The first kappa shape index (κ1) is 14.5. The number of hydrogen-bond acceptors (Lipinski definition) is 2. The highest BCUT2D eigenvalue weighted by Crippen LogP contribution is 2.35. The Balaban J connectivity index is 1.76. The average Bonchev–Trinajstić information content (AvgIpc) is 2.86. The summed E-state index contributed by atoms with van der Waals surface area (Å²) < 4.78 is 13.4. The molecule has 1 aromatic rings. The lowest BCUT2D eigenvalue weighted by Crippen LogP contribution is -2.42. The molecule has 1 N–H and O–H groups in total. The zero-order valence-electron chi connectivity index (χ0n) is 12.4. The third-order valence-corrected chi connectivity index (χ3v) is 4.98. The second-order valence-electron chi connectivity index (χ2n) is 6.46. The van der Waals surface area contributed by atoms with Crippen LogP contribution < -0.4 is 0 Å². The molecule has 0 saturated heterocycles. The van der Waals surface area contributed by atoms with Crippen LogP contribution in [-0.2, 0) is 11.2 Å². The minimum absolute atomic E-state index is 0.0122. The second kappa shape index (κ2) is 5.41. The standard InChI is InChI=1S/C17H22FNO2/c1-12-15-10-14(18)5-4-13(15)6-9-19(12)16(20)11-17(21)7-2-3-8-17/h4-5,10,12,21H,2-3,6-9,11H2,1H3. The van der Waals surface area contributed by atoms with E-state index in [1.165, 1.54) is 12.1 Å². The number of benzene rings is 1. The van der Waals surface area contributed by atoms with Gasteiger partial charge in [-0.25, -0.2) is 4.39 Å². The van der Waals surface area contributed by atoms with Crippen molar-refractivity contribution in [1.29, 1.82) is 0 Å². The van der Waals surface area contributed by atoms with Crippen LogP contribution >= 0.6 is 0 Å². The zero-order valence-corrected chi connectivity index (χ0v) is 12.4. The van der Waals surface area contributed by atoms with Gasteiger partial charge in [0, 0.05) is 6.54 Å². The lowest BCUT2D eigenvalue weighted by Gasteiger charge is -2.37. The van der Waals surface area contributed by atoms with Crippen LogP contribution in [0.4, 0.5) is 4.39 Å². The molecule has 1 amide bonds. The highest BCUT2D eigenvalue weighted by atomic mass is 19.1. The first-order valence-corrected chi connectivity index (χ1v) is 7.79. The van der Waals surface area contributed by atoms with E-state index < -0.39 is 5.60 Å². The molecule has 0 radical (unpaired) electrons. The van der Waals surface area contributed by atoms with E-state index in [-0.39, 0.29) is 24.2 Å². The third-order valence-electron chi connectivity index (χ3n) is 4.98. The van der Waals surface area contributed by atoms with Gasteiger partial charge >= 0.3 is 0 Å². The zero-order chi connectivity index (χ0) is 15.0. The summed E-state index contributed by atoms with van der Waals surface area (Å²) in [6.07, 6.45) is 4.37. The van der Waals surface area contributed by atoms with Crippen molar-refractivity contribution in [3.63, 3.8) is 0 Å². The number of halogens is 1. The Morgan fingerprint density at radius 2 is 2.14 bits per heavy atom. The van der Waals surface area contributed by atoms with Crippen molar-refractivity contribution < 1.29 is 14.3 Å². The van der Waals surface area contributed by atoms with Crippen molar-refractivity contribution in [3.05, 3.63) is 35.1 Å². The van der Waals surface area contributed by atoms with Crippen LogP contribution in [-0.4, -0.2) is 28.1 Å². The molecule has 4 heteroatoms. The van der Waals surface area contributed by atoms with Gasteiger partial charge in [0.2, 0.25) is 5.91 Å². The summed E-state index contributed by atoms with van der Waals surface area (Å²) in [5, 5.41) is 10.4. The molecule has 1 aliphatic heterocycles. The quantitative estimate of drug-likeness (QED) is 0.910. The van der Waals surface area contributed by atoms with E-state index >= 15 is 0 Å². The summed E-state index contributed by atoms with van der Waals surface area (Å²) in [7, 11) is 0. The molecule has 0 spiro atoms. The summed E-state index contributed by atoms with van der Waals surface area (Å²) in [5.74, 6) is -0.272. The molecule has 0 bridgehead atoms. The predicted octanol–water partition coefficient (Wildman–Crippen LogP) is 2.97. The van der Waals surface area contributed by atoms with Gasteiger partial charge < -0.3 is 10.0 Å². The van der Waals surface area contributed by atoms with Crippen LogP contribution in [0.5, 0.6) is 0 Å². The van der Waals surface area contributed by atoms with E-state index in [0.717, 1.165) is 30.4 Å². The monoisotopic (exact) mass is 291 g/mol. The molecule has 1 heterocycles. The normalized spacial score (nSPS) is 24.0. The van der Waals surface area contributed by atoms with Crippen molar-refractivity contribution >= 4 is 5.91 Å². The SMILES string of the molecule is CC1c2cc(F)ccc2CCN1C(=O)CC1(O)CCCC1. The van der Waals surface area contributed by atoms with Crippen molar-refractivity contribution in [3.8, 4) is 0 Å². The fraction of sp³-hybridized carbons (Fsp3) is 0.588. The van der Waals surface area contributed by atoms with E-state index in [1.807, 2.05) is 13.0 Å². The van der Waals surface area contributed by atoms with Crippen LogP contribution in [0.1, 0.15) is 56.2 Å². The van der Waals surface area contributed by atoms with Gasteiger partial charge in [-0.2, -0.15) is 0 Å².